The number of likely N-dealkylation sites (N-methyl/N-ethyl adjacent to an activating group) is 1. The second kappa shape index (κ2) is 6.29. The van der Waals surface area contributed by atoms with Crippen LogP contribution in [-0.4, -0.2) is 24.5 Å². The van der Waals surface area contributed by atoms with Crippen LogP contribution in [0.4, 0.5) is 0 Å². The summed E-state index contributed by atoms with van der Waals surface area (Å²) in [6, 6.07) is 14.8. The first-order valence-corrected chi connectivity index (χ1v) is 7.70. The number of hydrogen-bond acceptors (Lipinski definition) is 2. The zero-order chi connectivity index (χ0) is 15.7. The molecule has 1 aliphatic heterocycles. The molecule has 0 saturated carbocycles. The molecule has 1 aliphatic rings. The third-order valence-electron chi connectivity index (χ3n) is 3.87. The van der Waals surface area contributed by atoms with Crippen LogP contribution in [0, 0.1) is 0 Å². The predicted molar refractivity (Wildman–Crippen MR) is 87.1 cm³/mol. The summed E-state index contributed by atoms with van der Waals surface area (Å²) in [7, 11) is 1.79. The van der Waals surface area contributed by atoms with E-state index in [1.807, 2.05) is 48.5 Å². The molecule has 2 aromatic carbocycles. The van der Waals surface area contributed by atoms with Crippen LogP contribution in [-0.2, 0) is 9.53 Å². The summed E-state index contributed by atoms with van der Waals surface area (Å²) in [6.45, 7) is 0.0703. The van der Waals surface area contributed by atoms with Gasteiger partial charge in [-0.05, 0) is 35.4 Å². The van der Waals surface area contributed by atoms with Crippen LogP contribution in [0.15, 0.2) is 48.5 Å². The molecule has 0 N–H and O–H groups in total. The molecule has 0 aliphatic carbocycles. The first kappa shape index (κ1) is 15.3. The van der Waals surface area contributed by atoms with Gasteiger partial charge in [0.05, 0.1) is 6.04 Å². The van der Waals surface area contributed by atoms with Gasteiger partial charge in [-0.3, -0.25) is 4.79 Å². The van der Waals surface area contributed by atoms with Gasteiger partial charge in [0.2, 0.25) is 5.91 Å². The van der Waals surface area contributed by atoms with Crippen molar-refractivity contribution in [1.82, 2.24) is 4.90 Å². The maximum Gasteiger partial charge on any atom is 0.248 e. The largest absolute Gasteiger partial charge is 0.361 e. The molecule has 1 fully saturated rings. The van der Waals surface area contributed by atoms with Crippen molar-refractivity contribution in [2.75, 3.05) is 13.7 Å². The Labute approximate surface area is 139 Å². The molecule has 2 atom stereocenters. The fraction of sp³-hybridized carbons (Fsp3) is 0.235. The highest BCUT2D eigenvalue weighted by Crippen LogP contribution is 2.39. The number of benzene rings is 2. The Hall–Kier alpha value is -1.55. The number of carbonyl (C=O) groups excluding carboxylic acids is 1. The molecule has 0 aromatic heterocycles. The maximum atomic E-state index is 12.0. The van der Waals surface area contributed by atoms with Gasteiger partial charge >= 0.3 is 0 Å². The number of hydrogen-bond donors (Lipinski definition) is 0. The van der Waals surface area contributed by atoms with Crippen molar-refractivity contribution in [2.24, 2.45) is 0 Å². The molecular weight excluding hydrogens is 321 g/mol. The second-order valence-electron chi connectivity index (χ2n) is 5.29. The fourth-order valence-corrected chi connectivity index (χ4v) is 3.06. The molecule has 1 saturated heterocycles. The van der Waals surface area contributed by atoms with Crippen molar-refractivity contribution in [3.05, 3.63) is 69.7 Å². The van der Waals surface area contributed by atoms with E-state index in [-0.39, 0.29) is 24.7 Å². The van der Waals surface area contributed by atoms with E-state index < -0.39 is 0 Å². The van der Waals surface area contributed by atoms with Crippen molar-refractivity contribution in [1.29, 1.82) is 0 Å². The number of rotatable bonds is 2. The van der Waals surface area contributed by atoms with Gasteiger partial charge in [-0.2, -0.15) is 0 Å². The third-order valence-corrected chi connectivity index (χ3v) is 4.36. The van der Waals surface area contributed by atoms with E-state index in [4.69, 9.17) is 27.9 Å². The van der Waals surface area contributed by atoms with Crippen molar-refractivity contribution in [3.63, 3.8) is 0 Å². The van der Waals surface area contributed by atoms with E-state index in [1.54, 1.807) is 11.9 Å². The average molecular weight is 336 g/mol. The van der Waals surface area contributed by atoms with E-state index in [0.717, 1.165) is 11.1 Å². The molecule has 1 amide bonds. The Morgan fingerprint density at radius 1 is 1.05 bits per heavy atom. The van der Waals surface area contributed by atoms with Gasteiger partial charge in [-0.25, -0.2) is 0 Å². The van der Waals surface area contributed by atoms with Crippen molar-refractivity contribution >= 4 is 29.1 Å². The first-order chi connectivity index (χ1) is 10.6. The maximum absolute atomic E-state index is 12.0. The summed E-state index contributed by atoms with van der Waals surface area (Å²) in [5, 5.41) is 1.31. The van der Waals surface area contributed by atoms with E-state index >= 15 is 0 Å². The van der Waals surface area contributed by atoms with Gasteiger partial charge in [-0.15, -0.1) is 0 Å². The zero-order valence-corrected chi connectivity index (χ0v) is 13.5. The number of nitrogens with zero attached hydrogens (tertiary/aromatic N) is 1. The quantitative estimate of drug-likeness (QED) is 0.820. The highest BCUT2D eigenvalue weighted by molar-refractivity contribution is 6.30. The summed E-state index contributed by atoms with van der Waals surface area (Å²) in [6.07, 6.45) is -0.251. The summed E-state index contributed by atoms with van der Waals surface area (Å²) < 4.78 is 5.82. The van der Waals surface area contributed by atoms with E-state index in [1.165, 1.54) is 0 Å². The lowest BCUT2D eigenvalue weighted by atomic mass is 9.93. The fourth-order valence-electron chi connectivity index (χ4n) is 2.73. The molecule has 114 valence electrons. The third kappa shape index (κ3) is 2.98. The summed E-state index contributed by atoms with van der Waals surface area (Å²) >= 11 is 12.1. The lowest BCUT2D eigenvalue weighted by Gasteiger charge is -2.39. The molecule has 1 heterocycles. The van der Waals surface area contributed by atoms with Gasteiger partial charge in [0, 0.05) is 17.1 Å². The van der Waals surface area contributed by atoms with Crippen molar-refractivity contribution in [3.8, 4) is 0 Å². The van der Waals surface area contributed by atoms with Crippen LogP contribution < -0.4 is 0 Å². The van der Waals surface area contributed by atoms with Crippen LogP contribution in [0.25, 0.3) is 0 Å². The molecule has 2 aromatic rings. The summed E-state index contributed by atoms with van der Waals surface area (Å²) in [5.41, 5.74) is 1.93. The van der Waals surface area contributed by atoms with Gasteiger partial charge in [-0.1, -0.05) is 47.5 Å². The number of carbonyl (C=O) groups is 1. The van der Waals surface area contributed by atoms with Crippen molar-refractivity contribution in [2.45, 2.75) is 12.1 Å². The number of ether oxygens (including phenoxy) is 1. The Balaban J connectivity index is 2.03. The van der Waals surface area contributed by atoms with Crippen LogP contribution in [0.3, 0.4) is 0 Å². The Kier molecular flexibility index (Phi) is 4.39. The molecule has 3 rings (SSSR count). The SMILES string of the molecule is CN1C(=O)CO[C@@H](c2ccc(Cl)cc2)[C@H]1c1cccc(Cl)c1. The predicted octanol–water partition coefficient (Wildman–Crippen LogP) is 4.26. The molecule has 22 heavy (non-hydrogen) atoms. The monoisotopic (exact) mass is 335 g/mol. The molecular formula is C17H15Cl2NO2. The zero-order valence-electron chi connectivity index (χ0n) is 12.0. The normalized spacial score (nSPS) is 22.0. The highest BCUT2D eigenvalue weighted by atomic mass is 35.5. The van der Waals surface area contributed by atoms with Crippen molar-refractivity contribution < 1.29 is 9.53 Å². The molecule has 3 nitrogen and oxygen atoms in total. The molecule has 0 bridgehead atoms. The van der Waals surface area contributed by atoms with E-state index in [0.29, 0.717) is 10.0 Å². The minimum Gasteiger partial charge on any atom is -0.361 e. The van der Waals surface area contributed by atoms with Gasteiger partial charge in [0.25, 0.3) is 0 Å². The van der Waals surface area contributed by atoms with Crippen LogP contribution in [0.2, 0.25) is 10.0 Å². The van der Waals surface area contributed by atoms with Crippen LogP contribution >= 0.6 is 23.2 Å². The molecule has 0 radical (unpaired) electrons. The minimum atomic E-state index is -0.251. The topological polar surface area (TPSA) is 29.5 Å². The number of morpholine rings is 1. The number of halogens is 2. The number of amides is 1. The average Bonchev–Trinajstić information content (AvgIpc) is 2.51. The second-order valence-corrected chi connectivity index (χ2v) is 6.16. The Morgan fingerprint density at radius 2 is 1.77 bits per heavy atom. The molecule has 0 spiro atoms. The first-order valence-electron chi connectivity index (χ1n) is 6.94. The summed E-state index contributed by atoms with van der Waals surface area (Å²) in [5.74, 6) is -0.0461. The molecule has 0 unspecified atom stereocenters. The Morgan fingerprint density at radius 3 is 2.45 bits per heavy atom. The van der Waals surface area contributed by atoms with Gasteiger partial charge in [0.1, 0.15) is 12.7 Å². The standard InChI is InChI=1S/C17H15Cl2NO2/c1-20-15(21)10-22-17(11-5-7-13(18)8-6-11)16(20)12-3-2-4-14(19)9-12/h2-9,16-17H,10H2,1H3/t16-,17+/m1/s1. The highest BCUT2D eigenvalue weighted by Gasteiger charge is 2.36. The minimum absolute atomic E-state index is 0.0461. The summed E-state index contributed by atoms with van der Waals surface area (Å²) in [4.78, 5) is 13.8. The smallest absolute Gasteiger partial charge is 0.248 e. The molecule has 5 heteroatoms. The lowest BCUT2D eigenvalue weighted by Crippen LogP contribution is -2.43. The van der Waals surface area contributed by atoms with Crippen LogP contribution in [0.1, 0.15) is 23.3 Å². The van der Waals surface area contributed by atoms with E-state index in [2.05, 4.69) is 0 Å². The van der Waals surface area contributed by atoms with E-state index in [9.17, 15) is 4.79 Å². The van der Waals surface area contributed by atoms with Crippen LogP contribution in [0.5, 0.6) is 0 Å². The van der Waals surface area contributed by atoms with Gasteiger partial charge < -0.3 is 9.64 Å². The lowest BCUT2D eigenvalue weighted by molar-refractivity contribution is -0.155. The van der Waals surface area contributed by atoms with Gasteiger partial charge in [0.15, 0.2) is 0 Å². The Bertz CT molecular complexity index is 687.